The number of halogens is 2. The van der Waals surface area contributed by atoms with Crippen LogP contribution in [0, 0.1) is 0 Å². The molecule has 7 nitrogen and oxygen atoms in total. The van der Waals surface area contributed by atoms with Crippen LogP contribution < -0.4 is 25.4 Å². The molecule has 0 aliphatic carbocycles. The highest BCUT2D eigenvalue weighted by molar-refractivity contribution is 5.93. The van der Waals surface area contributed by atoms with Crippen molar-refractivity contribution in [1.29, 1.82) is 0 Å². The summed E-state index contributed by atoms with van der Waals surface area (Å²) in [4.78, 5) is 17.0. The van der Waals surface area contributed by atoms with Crippen molar-refractivity contribution < 1.29 is 32.6 Å². The van der Waals surface area contributed by atoms with Crippen molar-refractivity contribution >= 4 is 11.6 Å². The summed E-state index contributed by atoms with van der Waals surface area (Å²) in [5.74, 6) is 0.284. The van der Waals surface area contributed by atoms with Crippen LogP contribution in [0.25, 0.3) is 5.70 Å². The van der Waals surface area contributed by atoms with E-state index in [2.05, 4.69) is 10.2 Å². The molecule has 1 unspecified atom stereocenters. The smallest absolute Gasteiger partial charge is 0.387 e. The van der Waals surface area contributed by atoms with Gasteiger partial charge in [-0.05, 0) is 61.0 Å². The fourth-order valence-electron chi connectivity index (χ4n) is 2.73. The molecule has 0 saturated heterocycles. The Labute approximate surface area is 166 Å². The Hall–Kier alpha value is -3.33. The first-order valence-corrected chi connectivity index (χ1v) is 8.62. The number of nitrogens with two attached hydrogens (primary N) is 1. The summed E-state index contributed by atoms with van der Waals surface area (Å²) in [5.41, 5.74) is 8.95. The van der Waals surface area contributed by atoms with Gasteiger partial charge in [-0.15, -0.1) is 0 Å². The van der Waals surface area contributed by atoms with Crippen LogP contribution >= 0.6 is 0 Å². The first-order valence-electron chi connectivity index (χ1n) is 8.62. The summed E-state index contributed by atoms with van der Waals surface area (Å²) >= 11 is 0. The highest BCUT2D eigenvalue weighted by Crippen LogP contribution is 2.32. The van der Waals surface area contributed by atoms with Crippen molar-refractivity contribution in [2.24, 2.45) is 5.73 Å². The number of benzene rings is 2. The number of amides is 1. The number of carbonyl (C=O) groups is 1. The van der Waals surface area contributed by atoms with Crippen LogP contribution in [0.1, 0.15) is 22.8 Å². The van der Waals surface area contributed by atoms with E-state index in [1.165, 1.54) is 25.3 Å². The van der Waals surface area contributed by atoms with Crippen molar-refractivity contribution in [3.05, 3.63) is 59.7 Å². The molecular formula is C20H20F2N2O5. The molecule has 0 bridgehead atoms. The van der Waals surface area contributed by atoms with E-state index >= 15 is 0 Å². The Bertz CT molecular complexity index is 918. The number of primary amides is 1. The Balaban J connectivity index is 1.72. The molecule has 3 rings (SSSR count). The summed E-state index contributed by atoms with van der Waals surface area (Å²) in [6, 6.07) is 10.8. The van der Waals surface area contributed by atoms with Crippen LogP contribution in [-0.2, 0) is 4.84 Å². The summed E-state index contributed by atoms with van der Waals surface area (Å²) in [6.45, 7) is -0.973. The molecule has 0 aromatic heterocycles. The normalized spacial score (nSPS) is 18.2. The SMILES string of the molecule is COc1ccc(C(N)=O)cc1OCC1(C)C=C(c2ccc(OC(F)F)cc2)NO1. The minimum absolute atomic E-state index is 0.0655. The number of carbonyl (C=O) groups excluding carboxylic acids is 1. The maximum absolute atomic E-state index is 12.3. The number of hydrogen-bond acceptors (Lipinski definition) is 6. The van der Waals surface area contributed by atoms with Crippen LogP contribution in [0.4, 0.5) is 8.78 Å². The second-order valence-corrected chi connectivity index (χ2v) is 6.50. The highest BCUT2D eigenvalue weighted by atomic mass is 19.3. The first-order chi connectivity index (χ1) is 13.8. The van der Waals surface area contributed by atoms with Crippen LogP contribution in [-0.4, -0.2) is 31.8 Å². The zero-order chi connectivity index (χ0) is 21.0. The molecule has 29 heavy (non-hydrogen) atoms. The van der Waals surface area contributed by atoms with Crippen LogP contribution in [0.5, 0.6) is 17.2 Å². The van der Waals surface area contributed by atoms with Gasteiger partial charge in [-0.25, -0.2) is 0 Å². The van der Waals surface area contributed by atoms with Gasteiger partial charge in [0.05, 0.1) is 12.8 Å². The maximum atomic E-state index is 12.3. The van der Waals surface area contributed by atoms with E-state index < -0.39 is 18.1 Å². The number of methoxy groups -OCH3 is 1. The average Bonchev–Trinajstić information content (AvgIpc) is 3.08. The van der Waals surface area contributed by atoms with E-state index in [1.54, 1.807) is 37.3 Å². The monoisotopic (exact) mass is 406 g/mol. The van der Waals surface area contributed by atoms with E-state index in [1.807, 2.05) is 0 Å². The third-order valence-electron chi connectivity index (χ3n) is 4.20. The third-order valence-corrected chi connectivity index (χ3v) is 4.20. The van der Waals surface area contributed by atoms with Gasteiger partial charge in [-0.2, -0.15) is 8.78 Å². The topological polar surface area (TPSA) is 92.0 Å². The van der Waals surface area contributed by atoms with E-state index in [0.717, 1.165) is 5.56 Å². The van der Waals surface area contributed by atoms with Gasteiger partial charge < -0.3 is 19.9 Å². The molecule has 154 valence electrons. The van der Waals surface area contributed by atoms with Gasteiger partial charge in [-0.1, -0.05) is 0 Å². The van der Waals surface area contributed by atoms with Crippen molar-refractivity contribution in [3.8, 4) is 17.2 Å². The molecule has 0 saturated carbocycles. The third kappa shape index (κ3) is 4.94. The number of ether oxygens (including phenoxy) is 3. The lowest BCUT2D eigenvalue weighted by molar-refractivity contribution is -0.0499. The van der Waals surface area contributed by atoms with Crippen molar-refractivity contribution in [3.63, 3.8) is 0 Å². The molecule has 9 heteroatoms. The molecule has 1 atom stereocenters. The molecule has 1 amide bonds. The van der Waals surface area contributed by atoms with Crippen molar-refractivity contribution in [1.82, 2.24) is 5.48 Å². The molecule has 3 N–H and O–H groups in total. The quantitative estimate of drug-likeness (QED) is 0.700. The van der Waals surface area contributed by atoms with Gasteiger partial charge in [0.2, 0.25) is 5.91 Å². The lowest BCUT2D eigenvalue weighted by atomic mass is 10.0. The van der Waals surface area contributed by atoms with Gasteiger partial charge in [0.1, 0.15) is 18.0 Å². The van der Waals surface area contributed by atoms with Gasteiger partial charge in [-0.3, -0.25) is 15.1 Å². The molecule has 1 aliphatic rings. The first kappa shape index (κ1) is 20.4. The Morgan fingerprint density at radius 1 is 1.21 bits per heavy atom. The second-order valence-electron chi connectivity index (χ2n) is 6.50. The van der Waals surface area contributed by atoms with Crippen molar-refractivity contribution in [2.75, 3.05) is 13.7 Å². The molecule has 0 fully saturated rings. The van der Waals surface area contributed by atoms with E-state index in [0.29, 0.717) is 22.8 Å². The average molecular weight is 406 g/mol. The maximum Gasteiger partial charge on any atom is 0.387 e. The minimum atomic E-state index is -2.88. The standard InChI is InChI=1S/C20H20F2N2O5/c1-20(11-27-17-9-13(18(23)25)5-8-16(17)26-2)10-15(24-29-20)12-3-6-14(7-4-12)28-19(21)22/h3-10,19,24H,11H2,1-2H3,(H2,23,25). The van der Waals surface area contributed by atoms with Gasteiger partial charge in [0.15, 0.2) is 11.5 Å². The molecule has 1 heterocycles. The zero-order valence-electron chi connectivity index (χ0n) is 15.8. The minimum Gasteiger partial charge on any atom is -0.493 e. The summed E-state index contributed by atoms with van der Waals surface area (Å²) in [5, 5.41) is 0. The van der Waals surface area contributed by atoms with Gasteiger partial charge in [0, 0.05) is 5.56 Å². The van der Waals surface area contributed by atoms with Crippen LogP contribution in [0.15, 0.2) is 48.5 Å². The van der Waals surface area contributed by atoms with E-state index in [-0.39, 0.29) is 12.4 Å². The lowest BCUT2D eigenvalue weighted by Gasteiger charge is -2.21. The summed E-state index contributed by atoms with van der Waals surface area (Å²) in [7, 11) is 1.49. The largest absolute Gasteiger partial charge is 0.493 e. The molecule has 0 spiro atoms. The number of hydroxylamine groups is 1. The lowest BCUT2D eigenvalue weighted by Crippen LogP contribution is -2.33. The Morgan fingerprint density at radius 3 is 2.55 bits per heavy atom. The zero-order valence-corrected chi connectivity index (χ0v) is 15.8. The Morgan fingerprint density at radius 2 is 1.93 bits per heavy atom. The number of rotatable bonds is 8. The number of alkyl halides is 2. The number of hydrogen-bond donors (Lipinski definition) is 2. The van der Waals surface area contributed by atoms with Gasteiger partial charge >= 0.3 is 6.61 Å². The Kier molecular flexibility index (Phi) is 5.88. The van der Waals surface area contributed by atoms with E-state index in [9.17, 15) is 13.6 Å². The molecular weight excluding hydrogens is 386 g/mol. The summed E-state index contributed by atoms with van der Waals surface area (Å²) < 4.78 is 39.9. The molecule has 2 aromatic carbocycles. The second kappa shape index (κ2) is 8.36. The number of nitrogens with one attached hydrogen (secondary N) is 1. The van der Waals surface area contributed by atoms with E-state index in [4.69, 9.17) is 20.0 Å². The molecule has 1 aliphatic heterocycles. The van der Waals surface area contributed by atoms with Gasteiger partial charge in [0.25, 0.3) is 0 Å². The summed E-state index contributed by atoms with van der Waals surface area (Å²) in [6.07, 6.45) is 1.81. The fourth-order valence-corrected chi connectivity index (χ4v) is 2.73. The fraction of sp³-hybridized carbons (Fsp3) is 0.250. The predicted molar refractivity (Wildman–Crippen MR) is 101 cm³/mol. The predicted octanol–water partition coefficient (Wildman–Crippen LogP) is 3.11. The molecule has 0 radical (unpaired) electrons. The van der Waals surface area contributed by atoms with Crippen LogP contribution in [0.2, 0.25) is 0 Å². The van der Waals surface area contributed by atoms with Crippen LogP contribution in [0.3, 0.4) is 0 Å². The molecule has 2 aromatic rings. The highest BCUT2D eigenvalue weighted by Gasteiger charge is 2.32. The van der Waals surface area contributed by atoms with Crippen molar-refractivity contribution in [2.45, 2.75) is 19.1 Å².